The number of nitrogens with zero attached hydrogens (tertiary/aromatic N) is 3. The quantitative estimate of drug-likeness (QED) is 0.458. The number of aromatic nitrogens is 3. The van der Waals surface area contributed by atoms with E-state index in [4.69, 9.17) is 4.74 Å². The van der Waals surface area contributed by atoms with Crippen molar-refractivity contribution < 1.29 is 14.3 Å². The van der Waals surface area contributed by atoms with Gasteiger partial charge in [-0.15, -0.1) is 10.2 Å². The Balaban J connectivity index is 1.90. The highest BCUT2D eigenvalue weighted by Gasteiger charge is 2.29. The van der Waals surface area contributed by atoms with Crippen LogP contribution in [0.3, 0.4) is 0 Å². The number of nitrogens with one attached hydrogen (secondary N) is 1. The monoisotopic (exact) mass is 458 g/mol. The van der Waals surface area contributed by atoms with Gasteiger partial charge in [0.15, 0.2) is 5.82 Å². The molecule has 3 rings (SSSR count). The van der Waals surface area contributed by atoms with Crippen molar-refractivity contribution in [1.29, 1.82) is 0 Å². The maximum absolute atomic E-state index is 13.0. The molecule has 0 aliphatic carbocycles. The van der Waals surface area contributed by atoms with Gasteiger partial charge in [0.25, 0.3) is 0 Å². The number of hydrogen-bond donors (Lipinski definition) is 1. The summed E-state index contributed by atoms with van der Waals surface area (Å²) in [4.78, 5) is 26.0. The number of thioether (sulfide) groups is 1. The molecular weight excluding hydrogens is 432 g/mol. The molecule has 0 saturated heterocycles. The fourth-order valence-corrected chi connectivity index (χ4v) is 4.54. The van der Waals surface area contributed by atoms with Crippen molar-refractivity contribution in [2.24, 2.45) is 0 Å². The molecule has 0 spiro atoms. The Morgan fingerprint density at radius 2 is 1.94 bits per heavy atom. The average Bonchev–Trinajstić information content (AvgIpc) is 3.36. The van der Waals surface area contributed by atoms with E-state index >= 15 is 0 Å². The number of rotatable bonds is 7. The van der Waals surface area contributed by atoms with Gasteiger partial charge >= 0.3 is 6.09 Å². The smallest absolute Gasteiger partial charge is 0.422 e. The first-order chi connectivity index (χ1) is 14.8. The van der Waals surface area contributed by atoms with Crippen LogP contribution in [0.4, 0.5) is 10.5 Å². The van der Waals surface area contributed by atoms with E-state index in [1.54, 1.807) is 20.8 Å². The van der Waals surface area contributed by atoms with Gasteiger partial charge in [0.1, 0.15) is 5.60 Å². The van der Waals surface area contributed by atoms with E-state index in [-0.39, 0.29) is 5.91 Å². The lowest BCUT2D eigenvalue weighted by atomic mass is 10.2. The lowest BCUT2D eigenvalue weighted by Crippen LogP contribution is -2.29. The molecule has 1 amide bonds. The molecule has 3 aromatic rings. The number of hydrogen-bond acceptors (Lipinski definition) is 7. The number of anilines is 1. The number of para-hydroxylation sites is 1. The number of amides is 1. The fourth-order valence-electron chi connectivity index (χ4n) is 2.77. The molecule has 0 fully saturated rings. The van der Waals surface area contributed by atoms with E-state index in [1.807, 2.05) is 54.1 Å². The highest BCUT2D eigenvalue weighted by atomic mass is 32.2. The van der Waals surface area contributed by atoms with Crippen molar-refractivity contribution in [3.05, 3.63) is 47.2 Å². The van der Waals surface area contributed by atoms with E-state index in [9.17, 15) is 9.59 Å². The van der Waals surface area contributed by atoms with Gasteiger partial charge in [0, 0.05) is 16.6 Å². The van der Waals surface area contributed by atoms with E-state index in [0.717, 1.165) is 17.7 Å². The van der Waals surface area contributed by atoms with E-state index in [1.165, 1.54) is 27.7 Å². The summed E-state index contributed by atoms with van der Waals surface area (Å²) in [5, 5.41) is 15.1. The SMILES string of the molecule is CCCC(Sc1nnc(-c2ccsc2)n1C(=O)OC(C)(C)C)C(=O)Nc1ccccc1. The minimum absolute atomic E-state index is 0.145. The molecule has 31 heavy (non-hydrogen) atoms. The van der Waals surface area contributed by atoms with Crippen molar-refractivity contribution in [3.8, 4) is 11.4 Å². The van der Waals surface area contributed by atoms with Gasteiger partial charge < -0.3 is 10.1 Å². The number of ether oxygens (including phenoxy) is 1. The summed E-state index contributed by atoms with van der Waals surface area (Å²) < 4.78 is 6.95. The summed E-state index contributed by atoms with van der Waals surface area (Å²) in [7, 11) is 0. The Bertz CT molecular complexity index is 1010. The van der Waals surface area contributed by atoms with Gasteiger partial charge in [-0.3, -0.25) is 4.79 Å². The first-order valence-corrected chi connectivity index (χ1v) is 11.8. The van der Waals surface area contributed by atoms with Gasteiger partial charge in [-0.1, -0.05) is 43.3 Å². The number of thiophene rings is 1. The third-order valence-corrected chi connectivity index (χ3v) is 6.01. The van der Waals surface area contributed by atoms with Crippen molar-refractivity contribution in [2.75, 3.05) is 5.32 Å². The van der Waals surface area contributed by atoms with Crippen LogP contribution in [-0.2, 0) is 9.53 Å². The van der Waals surface area contributed by atoms with Gasteiger partial charge in [-0.25, -0.2) is 9.36 Å². The van der Waals surface area contributed by atoms with Crippen LogP contribution in [0.2, 0.25) is 0 Å². The van der Waals surface area contributed by atoms with Crippen LogP contribution in [0, 0.1) is 0 Å². The Kier molecular flexibility index (Phi) is 7.50. The second-order valence-electron chi connectivity index (χ2n) is 7.88. The molecular formula is C22H26N4O3S2. The average molecular weight is 459 g/mol. The lowest BCUT2D eigenvalue weighted by Gasteiger charge is -2.21. The summed E-state index contributed by atoms with van der Waals surface area (Å²) in [5.74, 6) is 0.255. The van der Waals surface area contributed by atoms with Crippen LogP contribution in [0.5, 0.6) is 0 Å². The molecule has 2 heterocycles. The Labute approximate surface area is 190 Å². The molecule has 2 aromatic heterocycles. The zero-order valence-corrected chi connectivity index (χ0v) is 19.6. The summed E-state index contributed by atoms with van der Waals surface area (Å²) in [6.07, 6.45) is 0.857. The third kappa shape index (κ3) is 6.18. The zero-order chi connectivity index (χ0) is 22.4. The van der Waals surface area contributed by atoms with Crippen LogP contribution in [0.25, 0.3) is 11.4 Å². The summed E-state index contributed by atoms with van der Waals surface area (Å²) in [5.41, 5.74) is 0.820. The molecule has 1 aromatic carbocycles. The topological polar surface area (TPSA) is 86.1 Å². The van der Waals surface area contributed by atoms with Gasteiger partial charge in [-0.05, 0) is 50.8 Å². The predicted molar refractivity (Wildman–Crippen MR) is 125 cm³/mol. The molecule has 7 nitrogen and oxygen atoms in total. The molecule has 9 heteroatoms. The van der Waals surface area contributed by atoms with Gasteiger partial charge in [0.2, 0.25) is 11.1 Å². The maximum atomic E-state index is 13.0. The highest BCUT2D eigenvalue weighted by Crippen LogP contribution is 2.31. The largest absolute Gasteiger partial charge is 0.443 e. The number of carbonyl (C=O) groups is 2. The van der Waals surface area contributed by atoms with Crippen LogP contribution >= 0.6 is 23.1 Å². The lowest BCUT2D eigenvalue weighted by molar-refractivity contribution is -0.115. The second-order valence-corrected chi connectivity index (χ2v) is 9.83. The number of benzene rings is 1. The standard InChI is InChI=1S/C22H26N4O3S2/c1-5-9-17(19(27)23-16-10-7-6-8-11-16)31-20-25-24-18(15-12-13-30-14-15)26(20)21(28)29-22(2,3)4/h6-8,10-14,17H,5,9H2,1-4H3,(H,23,27). The molecule has 0 aliphatic rings. The van der Waals surface area contributed by atoms with Crippen molar-refractivity contribution in [3.63, 3.8) is 0 Å². The minimum atomic E-state index is -0.678. The Morgan fingerprint density at radius 3 is 2.55 bits per heavy atom. The summed E-state index contributed by atoms with van der Waals surface area (Å²) in [6, 6.07) is 11.2. The molecule has 0 saturated carbocycles. The third-order valence-electron chi connectivity index (χ3n) is 4.12. The fraction of sp³-hybridized carbons (Fsp3) is 0.364. The molecule has 1 atom stereocenters. The van der Waals surface area contributed by atoms with Gasteiger partial charge in [-0.2, -0.15) is 11.3 Å². The number of carbonyl (C=O) groups excluding carboxylic acids is 2. The van der Waals surface area contributed by atoms with Crippen molar-refractivity contribution >= 4 is 40.8 Å². The molecule has 164 valence electrons. The molecule has 0 aliphatic heterocycles. The summed E-state index contributed by atoms with van der Waals surface area (Å²) in [6.45, 7) is 7.43. The minimum Gasteiger partial charge on any atom is -0.443 e. The molecule has 1 N–H and O–H groups in total. The molecule has 1 unspecified atom stereocenters. The van der Waals surface area contributed by atoms with Crippen LogP contribution in [0.1, 0.15) is 40.5 Å². The van der Waals surface area contributed by atoms with E-state index < -0.39 is 16.9 Å². The Hall–Kier alpha value is -2.65. The van der Waals surface area contributed by atoms with Crippen molar-refractivity contribution in [2.45, 2.75) is 56.5 Å². The first kappa shape index (κ1) is 23.0. The second kappa shape index (κ2) is 10.1. The van der Waals surface area contributed by atoms with Gasteiger partial charge in [0.05, 0.1) is 5.25 Å². The van der Waals surface area contributed by atoms with Crippen molar-refractivity contribution in [1.82, 2.24) is 14.8 Å². The van der Waals surface area contributed by atoms with Crippen LogP contribution in [-0.4, -0.2) is 37.6 Å². The van der Waals surface area contributed by atoms with E-state index in [2.05, 4.69) is 15.5 Å². The van der Waals surface area contributed by atoms with Crippen LogP contribution in [0.15, 0.2) is 52.3 Å². The first-order valence-electron chi connectivity index (χ1n) is 10.0. The zero-order valence-electron chi connectivity index (χ0n) is 18.0. The normalized spacial score (nSPS) is 12.4. The van der Waals surface area contributed by atoms with Crippen LogP contribution < -0.4 is 5.32 Å². The predicted octanol–water partition coefficient (Wildman–Crippen LogP) is 5.69. The van der Waals surface area contributed by atoms with E-state index in [0.29, 0.717) is 17.4 Å². The Morgan fingerprint density at radius 1 is 1.19 bits per heavy atom. The highest BCUT2D eigenvalue weighted by molar-refractivity contribution is 8.00. The maximum Gasteiger partial charge on any atom is 0.422 e. The summed E-state index contributed by atoms with van der Waals surface area (Å²) >= 11 is 2.72. The molecule has 0 radical (unpaired) electrons. The molecule has 0 bridgehead atoms.